The first kappa shape index (κ1) is 13.0. The highest BCUT2D eigenvalue weighted by Crippen LogP contribution is 2.29. The van der Waals surface area contributed by atoms with Gasteiger partial charge in [-0.25, -0.2) is 0 Å². The molecule has 1 heteroatoms. The minimum absolute atomic E-state index is 0.814. The molecule has 1 nitrogen and oxygen atoms in total. The van der Waals surface area contributed by atoms with Gasteiger partial charge in [-0.1, -0.05) is 34.1 Å². The second kappa shape index (κ2) is 6.52. The summed E-state index contributed by atoms with van der Waals surface area (Å²) in [6.45, 7) is 10.6. The smallest absolute Gasteiger partial charge is 0.00673 e. The minimum Gasteiger partial charge on any atom is -0.314 e. The van der Waals surface area contributed by atoms with Gasteiger partial charge in [0.15, 0.2) is 0 Å². The highest BCUT2D eigenvalue weighted by molar-refractivity contribution is 4.78. The zero-order valence-corrected chi connectivity index (χ0v) is 11.1. The lowest BCUT2D eigenvalue weighted by atomic mass is 9.79. The van der Waals surface area contributed by atoms with Crippen LogP contribution in [0.5, 0.6) is 0 Å². The Kier molecular flexibility index (Phi) is 5.66. The second-order valence-corrected chi connectivity index (χ2v) is 5.78. The maximum Gasteiger partial charge on any atom is 0.00673 e. The maximum absolute atomic E-state index is 3.73. The van der Waals surface area contributed by atoms with Crippen LogP contribution in [0.1, 0.15) is 59.8 Å². The van der Waals surface area contributed by atoms with Crippen molar-refractivity contribution in [1.29, 1.82) is 0 Å². The van der Waals surface area contributed by atoms with E-state index in [0.29, 0.717) is 0 Å². The monoisotopic (exact) mass is 211 g/mol. The van der Waals surface area contributed by atoms with Gasteiger partial charge in [-0.2, -0.15) is 0 Å². The van der Waals surface area contributed by atoms with Gasteiger partial charge in [-0.3, -0.25) is 0 Å². The van der Waals surface area contributed by atoms with Crippen LogP contribution in [-0.2, 0) is 0 Å². The van der Waals surface area contributed by atoms with Gasteiger partial charge in [0.05, 0.1) is 0 Å². The quantitative estimate of drug-likeness (QED) is 0.728. The topological polar surface area (TPSA) is 12.0 Å². The first-order chi connectivity index (χ1) is 7.13. The van der Waals surface area contributed by atoms with Gasteiger partial charge in [0.25, 0.3) is 0 Å². The van der Waals surface area contributed by atoms with E-state index in [9.17, 15) is 0 Å². The highest BCUT2D eigenvalue weighted by atomic mass is 14.9. The summed E-state index contributed by atoms with van der Waals surface area (Å²) in [5, 5.41) is 3.73. The first-order valence-corrected chi connectivity index (χ1v) is 6.86. The normalized spacial score (nSPS) is 29.4. The van der Waals surface area contributed by atoms with Crippen molar-refractivity contribution >= 4 is 0 Å². The van der Waals surface area contributed by atoms with Crippen molar-refractivity contribution in [3.8, 4) is 0 Å². The van der Waals surface area contributed by atoms with Crippen LogP contribution in [-0.4, -0.2) is 12.6 Å². The third-order valence-corrected chi connectivity index (χ3v) is 4.17. The van der Waals surface area contributed by atoms with Crippen molar-refractivity contribution in [1.82, 2.24) is 5.32 Å². The van der Waals surface area contributed by atoms with E-state index < -0.39 is 0 Å². The van der Waals surface area contributed by atoms with Gasteiger partial charge in [-0.15, -0.1) is 0 Å². The van der Waals surface area contributed by atoms with Crippen molar-refractivity contribution in [3.63, 3.8) is 0 Å². The number of nitrogens with one attached hydrogen (secondary N) is 1. The lowest BCUT2D eigenvalue weighted by Gasteiger charge is -2.32. The number of hydrogen-bond acceptors (Lipinski definition) is 1. The molecule has 1 rings (SSSR count). The van der Waals surface area contributed by atoms with Crippen molar-refractivity contribution in [2.75, 3.05) is 6.54 Å². The molecule has 15 heavy (non-hydrogen) atoms. The third kappa shape index (κ3) is 4.55. The second-order valence-electron chi connectivity index (χ2n) is 5.78. The van der Waals surface area contributed by atoms with E-state index in [1.807, 2.05) is 0 Å². The average Bonchev–Trinajstić information content (AvgIpc) is 2.26. The number of rotatable bonds is 5. The van der Waals surface area contributed by atoms with E-state index in [0.717, 1.165) is 23.8 Å². The molecule has 1 saturated carbocycles. The van der Waals surface area contributed by atoms with Crippen LogP contribution < -0.4 is 5.32 Å². The molecule has 0 aromatic heterocycles. The fourth-order valence-electron chi connectivity index (χ4n) is 2.50. The van der Waals surface area contributed by atoms with Gasteiger partial charge >= 0.3 is 0 Å². The SMILES string of the molecule is CCC(C)CNC1CCC(C(C)C)CC1. The number of hydrogen-bond donors (Lipinski definition) is 1. The predicted molar refractivity (Wildman–Crippen MR) is 68.0 cm³/mol. The molecule has 0 bridgehead atoms. The molecule has 1 fully saturated rings. The van der Waals surface area contributed by atoms with Gasteiger partial charge in [0.2, 0.25) is 0 Å². The molecule has 1 aliphatic carbocycles. The van der Waals surface area contributed by atoms with Crippen LogP contribution in [0.15, 0.2) is 0 Å². The summed E-state index contributed by atoms with van der Waals surface area (Å²) in [4.78, 5) is 0. The van der Waals surface area contributed by atoms with Crippen LogP contribution in [0.25, 0.3) is 0 Å². The van der Waals surface area contributed by atoms with Crippen LogP contribution in [0.2, 0.25) is 0 Å². The molecular formula is C14H29N. The standard InChI is InChI=1S/C14H29N/c1-5-12(4)10-15-14-8-6-13(7-9-14)11(2)3/h11-15H,5-10H2,1-4H3. The van der Waals surface area contributed by atoms with E-state index >= 15 is 0 Å². The largest absolute Gasteiger partial charge is 0.314 e. The Morgan fingerprint density at radius 3 is 2.13 bits per heavy atom. The highest BCUT2D eigenvalue weighted by Gasteiger charge is 2.22. The van der Waals surface area contributed by atoms with Crippen molar-refractivity contribution in [2.45, 2.75) is 65.8 Å². The van der Waals surface area contributed by atoms with Crippen molar-refractivity contribution in [2.24, 2.45) is 17.8 Å². The zero-order valence-electron chi connectivity index (χ0n) is 11.1. The van der Waals surface area contributed by atoms with Crippen LogP contribution in [0, 0.1) is 17.8 Å². The van der Waals surface area contributed by atoms with E-state index in [1.165, 1.54) is 38.6 Å². The Labute approximate surface area is 96.0 Å². The van der Waals surface area contributed by atoms with E-state index in [1.54, 1.807) is 0 Å². The summed E-state index contributed by atoms with van der Waals surface area (Å²) in [6, 6.07) is 0.814. The molecule has 0 aromatic rings. The molecule has 1 aliphatic rings. The summed E-state index contributed by atoms with van der Waals surface area (Å²) in [7, 11) is 0. The molecule has 0 spiro atoms. The van der Waals surface area contributed by atoms with Crippen molar-refractivity contribution in [3.05, 3.63) is 0 Å². The molecule has 0 saturated heterocycles. The Balaban J connectivity index is 2.14. The molecule has 1 atom stereocenters. The molecule has 0 amide bonds. The molecule has 1 N–H and O–H groups in total. The summed E-state index contributed by atoms with van der Waals surface area (Å²) in [6.07, 6.45) is 6.98. The summed E-state index contributed by atoms with van der Waals surface area (Å²) < 4.78 is 0. The molecule has 1 unspecified atom stereocenters. The molecule has 0 radical (unpaired) electrons. The Morgan fingerprint density at radius 2 is 1.67 bits per heavy atom. The van der Waals surface area contributed by atoms with Crippen LogP contribution in [0.4, 0.5) is 0 Å². The lowest BCUT2D eigenvalue weighted by molar-refractivity contribution is 0.234. The van der Waals surface area contributed by atoms with Gasteiger partial charge in [0.1, 0.15) is 0 Å². The predicted octanol–water partition coefficient (Wildman–Crippen LogP) is 3.84. The minimum atomic E-state index is 0.814. The fraction of sp³-hybridized carbons (Fsp3) is 1.00. The zero-order chi connectivity index (χ0) is 11.3. The molecular weight excluding hydrogens is 182 g/mol. The van der Waals surface area contributed by atoms with E-state index in [2.05, 4.69) is 33.0 Å². The van der Waals surface area contributed by atoms with Crippen LogP contribution in [0.3, 0.4) is 0 Å². The van der Waals surface area contributed by atoms with Gasteiger partial charge < -0.3 is 5.32 Å². The summed E-state index contributed by atoms with van der Waals surface area (Å²) >= 11 is 0. The van der Waals surface area contributed by atoms with E-state index in [4.69, 9.17) is 0 Å². The van der Waals surface area contributed by atoms with Gasteiger partial charge in [-0.05, 0) is 50.0 Å². The third-order valence-electron chi connectivity index (χ3n) is 4.17. The molecule has 0 heterocycles. The first-order valence-electron chi connectivity index (χ1n) is 6.86. The van der Waals surface area contributed by atoms with Crippen LogP contribution >= 0.6 is 0 Å². The Morgan fingerprint density at radius 1 is 1.07 bits per heavy atom. The lowest BCUT2D eigenvalue weighted by Crippen LogP contribution is -2.36. The summed E-state index contributed by atoms with van der Waals surface area (Å²) in [5.41, 5.74) is 0. The molecule has 90 valence electrons. The Bertz CT molecular complexity index is 157. The molecule has 0 aliphatic heterocycles. The van der Waals surface area contributed by atoms with E-state index in [-0.39, 0.29) is 0 Å². The van der Waals surface area contributed by atoms with Crippen molar-refractivity contribution < 1.29 is 0 Å². The summed E-state index contributed by atoms with van der Waals surface area (Å²) in [5.74, 6) is 2.72. The Hall–Kier alpha value is -0.0400. The van der Waals surface area contributed by atoms with Gasteiger partial charge in [0, 0.05) is 6.04 Å². The maximum atomic E-state index is 3.73. The average molecular weight is 211 g/mol. The fourth-order valence-corrected chi connectivity index (χ4v) is 2.50. The molecule has 0 aromatic carbocycles.